The number of aliphatic hydroxyl groups is 2. The third-order valence-corrected chi connectivity index (χ3v) is 7.79. The second-order valence-corrected chi connectivity index (χ2v) is 11.2. The highest BCUT2D eigenvalue weighted by atomic mass is 35.5. The van der Waals surface area contributed by atoms with E-state index in [9.17, 15) is 23.4 Å². The summed E-state index contributed by atoms with van der Waals surface area (Å²) in [4.78, 5) is 21.8. The lowest BCUT2D eigenvalue weighted by atomic mass is 10.0. The van der Waals surface area contributed by atoms with Gasteiger partial charge in [-0.3, -0.25) is 9.35 Å². The smallest absolute Gasteiger partial charge is 0.333 e. The number of aliphatic hydroxyl groups excluding tert-OH is 2. The van der Waals surface area contributed by atoms with E-state index in [4.69, 9.17) is 20.9 Å². The molecule has 4 rings (SSSR count). The number of benzene rings is 1. The van der Waals surface area contributed by atoms with Crippen LogP contribution < -0.4 is 14.8 Å². The molecule has 1 fully saturated rings. The molecule has 4 atom stereocenters. The summed E-state index contributed by atoms with van der Waals surface area (Å²) < 4.78 is 38.2. The van der Waals surface area contributed by atoms with Gasteiger partial charge in [0, 0.05) is 35.8 Å². The Morgan fingerprint density at radius 2 is 2.05 bits per heavy atom. The van der Waals surface area contributed by atoms with E-state index in [1.54, 1.807) is 24.3 Å². The molecule has 0 amide bonds. The Labute approximate surface area is 222 Å². The van der Waals surface area contributed by atoms with Crippen LogP contribution in [0.5, 0.6) is 5.75 Å². The van der Waals surface area contributed by atoms with Gasteiger partial charge in [-0.1, -0.05) is 29.8 Å². The first-order valence-corrected chi connectivity index (χ1v) is 13.7. The van der Waals surface area contributed by atoms with E-state index < -0.39 is 34.2 Å². The molecule has 5 N–H and O–H groups in total. The van der Waals surface area contributed by atoms with E-state index >= 15 is 0 Å². The summed E-state index contributed by atoms with van der Waals surface area (Å²) in [6.45, 7) is 1.12. The lowest BCUT2D eigenvalue weighted by Gasteiger charge is -2.15. The Morgan fingerprint density at radius 3 is 2.78 bits per heavy atom. The molecule has 2 aromatic heterocycles. The van der Waals surface area contributed by atoms with Crippen LogP contribution in [0.4, 0.5) is 5.82 Å². The molecule has 14 heteroatoms. The highest BCUT2D eigenvalue weighted by Crippen LogP contribution is 2.39. The van der Waals surface area contributed by atoms with Crippen LogP contribution in [0.1, 0.15) is 45.3 Å². The van der Waals surface area contributed by atoms with Gasteiger partial charge >= 0.3 is 10.3 Å². The molecule has 2 heterocycles. The summed E-state index contributed by atoms with van der Waals surface area (Å²) in [5, 5.41) is 24.3. The molecule has 1 saturated carbocycles. The minimum absolute atomic E-state index is 0.164. The lowest BCUT2D eigenvalue weighted by Crippen LogP contribution is -2.27. The zero-order valence-corrected chi connectivity index (χ0v) is 21.8. The Hall–Kier alpha value is -2.65. The molecule has 1 aliphatic rings. The quantitative estimate of drug-likeness (QED) is 0.181. The minimum atomic E-state index is -4.43. The van der Waals surface area contributed by atoms with Crippen LogP contribution in [0.3, 0.4) is 0 Å². The molecule has 3 aromatic rings. The number of carbonyl (C=O) groups is 1. The fourth-order valence-corrected chi connectivity index (χ4v) is 5.82. The van der Waals surface area contributed by atoms with E-state index in [-0.39, 0.29) is 33.1 Å². The third kappa shape index (κ3) is 6.44. The van der Waals surface area contributed by atoms with Gasteiger partial charge < -0.3 is 20.3 Å². The van der Waals surface area contributed by atoms with Crippen molar-refractivity contribution in [1.29, 1.82) is 0 Å². The fourth-order valence-electron chi connectivity index (χ4n) is 4.20. The molecule has 0 spiro atoms. The molecule has 0 aliphatic heterocycles. The van der Waals surface area contributed by atoms with E-state index in [0.717, 1.165) is 17.9 Å². The van der Waals surface area contributed by atoms with Crippen molar-refractivity contribution in [3.05, 3.63) is 75.3 Å². The maximum atomic E-state index is 13.4. The predicted molar refractivity (Wildman–Crippen MR) is 137 cm³/mol. The van der Waals surface area contributed by atoms with Crippen LogP contribution in [-0.4, -0.2) is 58.2 Å². The third-order valence-electron chi connectivity index (χ3n) is 5.97. The molecule has 37 heavy (non-hydrogen) atoms. The van der Waals surface area contributed by atoms with Crippen LogP contribution in [0, 0.1) is 12.5 Å². The van der Waals surface area contributed by atoms with Crippen molar-refractivity contribution in [3.8, 4) is 5.75 Å². The second kappa shape index (κ2) is 11.4. The van der Waals surface area contributed by atoms with Gasteiger partial charge in [0.2, 0.25) is 5.78 Å². The van der Waals surface area contributed by atoms with Gasteiger partial charge in [-0.05, 0) is 25.0 Å². The number of ketones is 1. The number of hydrogen-bond donors (Lipinski definition) is 5. The summed E-state index contributed by atoms with van der Waals surface area (Å²) in [5.41, 5.74) is 1.02. The summed E-state index contributed by atoms with van der Waals surface area (Å²) in [6.07, 6.45) is 1.22. The maximum Gasteiger partial charge on any atom is 0.333 e. The van der Waals surface area contributed by atoms with Crippen LogP contribution in [0.15, 0.2) is 42.9 Å². The molecule has 0 bridgehead atoms. The number of nitrogens with one attached hydrogen (secondary N) is 2. The van der Waals surface area contributed by atoms with Gasteiger partial charge in [-0.2, -0.15) is 13.1 Å². The van der Waals surface area contributed by atoms with Gasteiger partial charge in [-0.15, -0.1) is 11.3 Å². The predicted octanol–water partition coefficient (Wildman–Crippen LogP) is 2.62. The number of nitrogens with zero attached hydrogens (tertiary/aromatic N) is 2. The Bertz CT molecular complexity index is 1380. The molecule has 1 radical (unpaired) electrons. The topological polar surface area (TPSA) is 171 Å². The molecule has 1 aromatic carbocycles. The summed E-state index contributed by atoms with van der Waals surface area (Å²) >= 11 is 7.42. The van der Waals surface area contributed by atoms with Crippen LogP contribution in [0.2, 0.25) is 4.34 Å². The molecule has 0 unspecified atom stereocenters. The van der Waals surface area contributed by atoms with Gasteiger partial charge in [0.15, 0.2) is 0 Å². The monoisotopic (exact) mass is 567 g/mol. The lowest BCUT2D eigenvalue weighted by molar-refractivity contribution is 0.104. The standard InChI is InChI=1S/C23H24ClN4O7S2/c1-35-18-5-3-2-4-14(18)20(30)15-8-19(36-22(15)24)21(31)16-10-25-11-26-23(16)28-13-6-12(17(29)7-13)9-27-37(32,33)34/h2-5,8-13,17,20,27,29-30H,6-7H2,1H3,(H,25,26,28)(H,32,33,34)/t12-,13-,17+,20+/m1/s1. The van der Waals surface area contributed by atoms with E-state index in [0.29, 0.717) is 23.3 Å². The first kappa shape index (κ1) is 27.4. The van der Waals surface area contributed by atoms with Crippen LogP contribution in [-0.2, 0) is 10.3 Å². The number of hydrogen-bond acceptors (Lipinski definition) is 10. The first-order chi connectivity index (χ1) is 17.6. The number of thiophene rings is 1. The number of para-hydroxylation sites is 1. The number of halogens is 1. The van der Waals surface area contributed by atoms with Crippen molar-refractivity contribution < 1.29 is 32.7 Å². The van der Waals surface area contributed by atoms with E-state index in [1.165, 1.54) is 25.7 Å². The molecule has 0 saturated heterocycles. The van der Waals surface area contributed by atoms with Gasteiger partial charge in [0.1, 0.15) is 24.0 Å². The zero-order chi connectivity index (χ0) is 26.7. The maximum absolute atomic E-state index is 13.4. The number of aromatic nitrogens is 2. The number of ether oxygens (including phenoxy) is 1. The second-order valence-electron chi connectivity index (χ2n) is 8.40. The molecule has 1 aliphatic carbocycles. The van der Waals surface area contributed by atoms with Crippen molar-refractivity contribution in [3.63, 3.8) is 0 Å². The van der Waals surface area contributed by atoms with Crippen LogP contribution in [0.25, 0.3) is 0 Å². The van der Waals surface area contributed by atoms with Crippen molar-refractivity contribution in [2.75, 3.05) is 12.4 Å². The van der Waals surface area contributed by atoms with Gasteiger partial charge in [0.25, 0.3) is 0 Å². The minimum Gasteiger partial charge on any atom is -0.496 e. The van der Waals surface area contributed by atoms with E-state index in [2.05, 4.69) is 15.3 Å². The SMILES string of the molecule is COc1ccccc1[C@H](O)c1cc(C(=O)c2cncnc2N[C@H]2C[C@H](O)[C@@H]([CH]NS(=O)(=O)O)C2)sc1Cl. The highest BCUT2D eigenvalue weighted by molar-refractivity contribution is 7.83. The van der Waals surface area contributed by atoms with E-state index in [1.807, 2.05) is 4.72 Å². The summed E-state index contributed by atoms with van der Waals surface area (Å²) in [6, 6.07) is 8.14. The highest BCUT2D eigenvalue weighted by Gasteiger charge is 2.35. The Morgan fingerprint density at radius 1 is 1.30 bits per heavy atom. The van der Waals surface area contributed by atoms with Crippen molar-refractivity contribution >= 4 is 44.8 Å². The fraction of sp³-hybridized carbons (Fsp3) is 0.304. The first-order valence-electron chi connectivity index (χ1n) is 11.0. The van der Waals surface area contributed by atoms with Gasteiger partial charge in [-0.25, -0.2) is 9.97 Å². The average molecular weight is 568 g/mol. The largest absolute Gasteiger partial charge is 0.496 e. The Kier molecular flexibility index (Phi) is 8.43. The molecule has 197 valence electrons. The zero-order valence-electron chi connectivity index (χ0n) is 19.4. The number of anilines is 1. The van der Waals surface area contributed by atoms with Crippen LogP contribution >= 0.6 is 22.9 Å². The summed E-state index contributed by atoms with van der Waals surface area (Å²) in [5.74, 6) is -0.259. The number of rotatable bonds is 10. The van der Waals surface area contributed by atoms with Crippen molar-refractivity contribution in [2.45, 2.75) is 31.1 Å². The van der Waals surface area contributed by atoms with Crippen molar-refractivity contribution in [2.24, 2.45) is 5.92 Å². The normalized spacial score (nSPS) is 20.5. The number of methoxy groups -OCH3 is 1. The molecular weight excluding hydrogens is 544 g/mol. The Balaban J connectivity index is 1.52. The van der Waals surface area contributed by atoms with Crippen molar-refractivity contribution in [1.82, 2.24) is 14.7 Å². The average Bonchev–Trinajstić information content (AvgIpc) is 3.43. The molecule has 11 nitrogen and oxygen atoms in total. The van der Waals surface area contributed by atoms with Gasteiger partial charge in [0.05, 0.1) is 28.0 Å². The summed E-state index contributed by atoms with van der Waals surface area (Å²) in [7, 11) is -2.93. The molecular formula is C23H24ClN4O7S2. The number of carbonyl (C=O) groups excluding carboxylic acids is 1.